The number of aromatic nitrogens is 1. The highest BCUT2D eigenvalue weighted by Crippen LogP contribution is 2.37. The number of rotatable bonds is 2. The molecule has 5 N–H and O–H groups in total. The van der Waals surface area contributed by atoms with Gasteiger partial charge in [0.2, 0.25) is 0 Å². The van der Waals surface area contributed by atoms with Crippen LogP contribution in [0.4, 0.5) is 0 Å². The molecule has 0 saturated carbocycles. The van der Waals surface area contributed by atoms with Crippen molar-refractivity contribution in [3.63, 3.8) is 0 Å². The van der Waals surface area contributed by atoms with Crippen molar-refractivity contribution in [2.45, 2.75) is 18.5 Å². The first-order valence-electron chi connectivity index (χ1n) is 7.65. The molecule has 2 aromatic carbocycles. The van der Waals surface area contributed by atoms with Crippen molar-refractivity contribution in [2.75, 3.05) is 0 Å². The Bertz CT molecular complexity index is 947. The zero-order valence-electron chi connectivity index (χ0n) is 12.7. The van der Waals surface area contributed by atoms with Gasteiger partial charge in [-0.3, -0.25) is 10.1 Å². The molecule has 6 nitrogen and oxygen atoms in total. The molecule has 0 radical (unpaired) electrons. The summed E-state index contributed by atoms with van der Waals surface area (Å²) in [6.45, 7) is 0. The van der Waals surface area contributed by atoms with E-state index in [9.17, 15) is 20.1 Å². The lowest BCUT2D eigenvalue weighted by Gasteiger charge is -2.29. The number of phenolic OH excluding ortho intramolecular Hbond substituents is 2. The van der Waals surface area contributed by atoms with E-state index in [0.717, 1.165) is 22.2 Å². The average Bonchev–Trinajstić information content (AvgIpc) is 2.95. The van der Waals surface area contributed by atoms with Gasteiger partial charge in [0, 0.05) is 23.0 Å². The number of carboxylic acid groups (broad SMARTS) is 1. The molecule has 4 rings (SSSR count). The smallest absolute Gasteiger partial charge is 0.321 e. The number of phenols is 2. The summed E-state index contributed by atoms with van der Waals surface area (Å²) < 4.78 is 0. The maximum absolute atomic E-state index is 11.6. The van der Waals surface area contributed by atoms with Gasteiger partial charge in [-0.1, -0.05) is 24.3 Å². The van der Waals surface area contributed by atoms with Crippen LogP contribution < -0.4 is 5.32 Å². The van der Waals surface area contributed by atoms with Crippen molar-refractivity contribution in [3.05, 3.63) is 59.3 Å². The van der Waals surface area contributed by atoms with Gasteiger partial charge in [0.25, 0.3) is 0 Å². The van der Waals surface area contributed by atoms with E-state index in [0.29, 0.717) is 12.0 Å². The van der Waals surface area contributed by atoms with Crippen molar-refractivity contribution in [1.82, 2.24) is 10.3 Å². The van der Waals surface area contributed by atoms with E-state index >= 15 is 0 Å². The van der Waals surface area contributed by atoms with E-state index in [-0.39, 0.29) is 11.5 Å². The highest BCUT2D eigenvalue weighted by atomic mass is 16.4. The zero-order chi connectivity index (χ0) is 16.8. The van der Waals surface area contributed by atoms with Gasteiger partial charge in [-0.2, -0.15) is 0 Å². The molecule has 122 valence electrons. The minimum Gasteiger partial charge on any atom is -0.504 e. The fraction of sp³-hybridized carbons (Fsp3) is 0.167. The first-order valence-corrected chi connectivity index (χ1v) is 7.65. The second-order valence-corrected chi connectivity index (χ2v) is 6.01. The Hall–Kier alpha value is -2.99. The van der Waals surface area contributed by atoms with Crippen LogP contribution in [-0.4, -0.2) is 32.3 Å². The lowest BCUT2D eigenvalue weighted by Crippen LogP contribution is -2.44. The highest BCUT2D eigenvalue weighted by Gasteiger charge is 2.34. The summed E-state index contributed by atoms with van der Waals surface area (Å²) in [5, 5.41) is 32.9. The fourth-order valence-corrected chi connectivity index (χ4v) is 3.38. The van der Waals surface area contributed by atoms with Crippen LogP contribution in [0.5, 0.6) is 11.5 Å². The van der Waals surface area contributed by atoms with Crippen molar-refractivity contribution in [2.24, 2.45) is 0 Å². The summed E-state index contributed by atoms with van der Waals surface area (Å²) in [5.41, 5.74) is 3.49. The molecule has 1 aliphatic rings. The number of H-pyrrole nitrogens is 1. The third-order valence-electron chi connectivity index (χ3n) is 4.54. The monoisotopic (exact) mass is 324 g/mol. The Balaban J connectivity index is 1.90. The number of nitrogens with one attached hydrogen (secondary N) is 2. The van der Waals surface area contributed by atoms with E-state index in [2.05, 4.69) is 10.3 Å². The molecule has 6 heteroatoms. The molecular formula is C18H16N2O4. The summed E-state index contributed by atoms with van der Waals surface area (Å²) in [6.07, 6.45) is 0.384. The number of aromatic amines is 1. The van der Waals surface area contributed by atoms with Crippen molar-refractivity contribution < 1.29 is 20.1 Å². The number of fused-ring (bicyclic) bond motifs is 3. The maximum Gasteiger partial charge on any atom is 0.321 e. The summed E-state index contributed by atoms with van der Waals surface area (Å²) in [6, 6.07) is 11.2. The minimum absolute atomic E-state index is 0.207. The Morgan fingerprint density at radius 2 is 1.88 bits per heavy atom. The van der Waals surface area contributed by atoms with Crippen LogP contribution in [0.1, 0.15) is 22.9 Å². The van der Waals surface area contributed by atoms with Crippen LogP contribution in [0.2, 0.25) is 0 Å². The number of hydrogen-bond donors (Lipinski definition) is 5. The molecule has 0 amide bonds. The molecule has 0 aliphatic carbocycles. The largest absolute Gasteiger partial charge is 0.504 e. The second-order valence-electron chi connectivity index (χ2n) is 6.01. The number of aromatic hydroxyl groups is 2. The van der Waals surface area contributed by atoms with Gasteiger partial charge in [-0.25, -0.2) is 0 Å². The van der Waals surface area contributed by atoms with Crippen LogP contribution in [0.25, 0.3) is 10.9 Å². The molecule has 3 aromatic rings. The number of aliphatic carboxylic acids is 1. The number of hydrogen-bond acceptors (Lipinski definition) is 4. The Labute approximate surface area is 137 Å². The number of carbonyl (C=O) groups is 1. The van der Waals surface area contributed by atoms with E-state index in [1.54, 1.807) is 6.07 Å². The molecule has 24 heavy (non-hydrogen) atoms. The molecule has 2 heterocycles. The summed E-state index contributed by atoms with van der Waals surface area (Å²) in [5.74, 6) is -1.36. The third kappa shape index (κ3) is 2.19. The van der Waals surface area contributed by atoms with Crippen molar-refractivity contribution >= 4 is 16.9 Å². The van der Waals surface area contributed by atoms with Gasteiger partial charge in [0.05, 0.1) is 6.04 Å². The van der Waals surface area contributed by atoms with Gasteiger partial charge in [-0.05, 0) is 29.3 Å². The highest BCUT2D eigenvalue weighted by molar-refractivity contribution is 5.87. The summed E-state index contributed by atoms with van der Waals surface area (Å²) in [7, 11) is 0. The van der Waals surface area contributed by atoms with Gasteiger partial charge in [0.1, 0.15) is 6.04 Å². The predicted octanol–water partition coefficient (Wildman–Crippen LogP) is 2.27. The summed E-state index contributed by atoms with van der Waals surface area (Å²) >= 11 is 0. The van der Waals surface area contributed by atoms with Crippen molar-refractivity contribution in [1.29, 1.82) is 0 Å². The molecular weight excluding hydrogens is 308 g/mol. The first-order chi connectivity index (χ1) is 11.5. The summed E-state index contributed by atoms with van der Waals surface area (Å²) in [4.78, 5) is 14.9. The van der Waals surface area contributed by atoms with Crippen LogP contribution in [0.15, 0.2) is 42.5 Å². The van der Waals surface area contributed by atoms with Crippen LogP contribution >= 0.6 is 0 Å². The lowest BCUT2D eigenvalue weighted by atomic mass is 9.90. The topological polar surface area (TPSA) is 106 Å². The van der Waals surface area contributed by atoms with E-state index in [1.807, 2.05) is 24.3 Å². The normalized spacial score (nSPS) is 20.0. The molecule has 2 atom stereocenters. The Morgan fingerprint density at radius 3 is 2.62 bits per heavy atom. The SMILES string of the molecule is O=C(O)[C@@H]1Cc2c([nH]c3ccccc23)[C@H](c2ccc(O)c(O)c2)N1. The quantitative estimate of drug-likeness (QED) is 0.465. The van der Waals surface area contributed by atoms with Gasteiger partial charge < -0.3 is 20.3 Å². The molecule has 0 unspecified atom stereocenters. The van der Waals surface area contributed by atoms with Gasteiger partial charge in [-0.15, -0.1) is 0 Å². The van der Waals surface area contributed by atoms with Crippen LogP contribution in [0.3, 0.4) is 0 Å². The maximum atomic E-state index is 11.6. The van der Waals surface area contributed by atoms with Gasteiger partial charge in [0.15, 0.2) is 11.5 Å². The number of para-hydroxylation sites is 1. The molecule has 0 fully saturated rings. The number of carboxylic acids is 1. The molecule has 1 aliphatic heterocycles. The predicted molar refractivity (Wildman–Crippen MR) is 88.2 cm³/mol. The van der Waals surface area contributed by atoms with Crippen LogP contribution in [0, 0.1) is 0 Å². The van der Waals surface area contributed by atoms with Crippen LogP contribution in [-0.2, 0) is 11.2 Å². The average molecular weight is 324 g/mol. The molecule has 1 aromatic heterocycles. The van der Waals surface area contributed by atoms with E-state index < -0.39 is 18.1 Å². The minimum atomic E-state index is -0.918. The molecule has 0 bridgehead atoms. The standard InChI is InChI=1S/C18H16N2O4/c21-14-6-5-9(7-15(14)22)16-17-11(8-13(20-16)18(23)24)10-3-1-2-4-12(10)19-17/h1-7,13,16,19-22H,8H2,(H,23,24)/t13-,16-/m0/s1. The van der Waals surface area contributed by atoms with E-state index in [1.165, 1.54) is 12.1 Å². The third-order valence-corrected chi connectivity index (χ3v) is 4.54. The second kappa shape index (κ2) is 5.28. The zero-order valence-corrected chi connectivity index (χ0v) is 12.7. The Kier molecular flexibility index (Phi) is 3.21. The Morgan fingerprint density at radius 1 is 1.08 bits per heavy atom. The first kappa shape index (κ1) is 14.6. The number of benzene rings is 2. The molecule has 0 saturated heterocycles. The van der Waals surface area contributed by atoms with Crippen molar-refractivity contribution in [3.8, 4) is 11.5 Å². The van der Waals surface area contributed by atoms with Gasteiger partial charge >= 0.3 is 5.97 Å². The fourth-order valence-electron chi connectivity index (χ4n) is 3.38. The molecule has 0 spiro atoms. The lowest BCUT2D eigenvalue weighted by molar-refractivity contribution is -0.139. The van der Waals surface area contributed by atoms with E-state index in [4.69, 9.17) is 0 Å².